The molecule has 0 radical (unpaired) electrons. The highest BCUT2D eigenvalue weighted by atomic mass is 16.2. The van der Waals surface area contributed by atoms with Gasteiger partial charge in [0, 0.05) is 49.4 Å². The first-order valence-electron chi connectivity index (χ1n) is 10.1. The van der Waals surface area contributed by atoms with Gasteiger partial charge in [-0.15, -0.1) is 0 Å². The molecule has 1 aliphatic carbocycles. The van der Waals surface area contributed by atoms with Crippen LogP contribution in [0.3, 0.4) is 0 Å². The third-order valence-corrected chi connectivity index (χ3v) is 5.69. The Hall–Kier alpha value is -3.16. The number of carbonyl (C=O) groups is 2. The number of hydrogen-bond donors (Lipinski definition) is 2. The van der Waals surface area contributed by atoms with Crippen molar-refractivity contribution in [3.63, 3.8) is 0 Å². The highest BCUT2D eigenvalue weighted by molar-refractivity contribution is 5.97. The van der Waals surface area contributed by atoms with E-state index in [1.165, 1.54) is 6.07 Å². The van der Waals surface area contributed by atoms with Crippen LogP contribution in [-0.4, -0.2) is 53.1 Å². The predicted molar refractivity (Wildman–Crippen MR) is 110 cm³/mol. The number of hydrogen-bond acceptors (Lipinski definition) is 5. The van der Waals surface area contributed by atoms with Crippen molar-refractivity contribution in [2.75, 3.05) is 36.4 Å². The van der Waals surface area contributed by atoms with Crippen molar-refractivity contribution in [3.05, 3.63) is 52.4 Å². The SMILES string of the molecule is O=C(Nc1cccc(C(=O)N2CCN(c3cn[nH]c(=O)c3)CC2)c1)C1CCCC1. The van der Waals surface area contributed by atoms with E-state index in [2.05, 4.69) is 15.5 Å². The monoisotopic (exact) mass is 395 g/mol. The van der Waals surface area contributed by atoms with Crippen LogP contribution in [0.5, 0.6) is 0 Å². The minimum Gasteiger partial charge on any atom is -0.367 e. The highest BCUT2D eigenvalue weighted by Crippen LogP contribution is 2.26. The Bertz CT molecular complexity index is 943. The first kappa shape index (κ1) is 19.2. The van der Waals surface area contributed by atoms with Crippen molar-refractivity contribution in [3.8, 4) is 0 Å². The Morgan fingerprint density at radius 3 is 2.55 bits per heavy atom. The number of piperazine rings is 1. The van der Waals surface area contributed by atoms with Gasteiger partial charge in [-0.2, -0.15) is 5.10 Å². The third-order valence-electron chi connectivity index (χ3n) is 5.69. The molecular formula is C21H25N5O3. The number of carbonyl (C=O) groups excluding carboxylic acids is 2. The second-order valence-corrected chi connectivity index (χ2v) is 7.63. The summed E-state index contributed by atoms with van der Waals surface area (Å²) in [4.78, 5) is 40.6. The summed E-state index contributed by atoms with van der Waals surface area (Å²) in [5.74, 6) is 0.0833. The normalized spacial score (nSPS) is 17.4. The lowest BCUT2D eigenvalue weighted by Gasteiger charge is -2.35. The summed E-state index contributed by atoms with van der Waals surface area (Å²) in [7, 11) is 0. The molecule has 152 valence electrons. The zero-order valence-corrected chi connectivity index (χ0v) is 16.3. The van der Waals surface area contributed by atoms with Crippen LogP contribution >= 0.6 is 0 Å². The molecule has 1 aromatic carbocycles. The molecule has 0 spiro atoms. The highest BCUT2D eigenvalue weighted by Gasteiger charge is 2.24. The summed E-state index contributed by atoms with van der Waals surface area (Å²) in [6.07, 6.45) is 5.72. The molecule has 2 heterocycles. The maximum absolute atomic E-state index is 12.9. The minimum atomic E-state index is -0.238. The number of anilines is 2. The first-order chi connectivity index (χ1) is 14.1. The largest absolute Gasteiger partial charge is 0.367 e. The molecule has 1 aromatic heterocycles. The maximum atomic E-state index is 12.9. The summed E-state index contributed by atoms with van der Waals surface area (Å²) in [5.41, 5.74) is 1.76. The van der Waals surface area contributed by atoms with Crippen LogP contribution in [-0.2, 0) is 4.79 Å². The van der Waals surface area contributed by atoms with Crippen LogP contribution in [0.2, 0.25) is 0 Å². The fourth-order valence-corrected chi connectivity index (χ4v) is 4.05. The van der Waals surface area contributed by atoms with Crippen LogP contribution in [0, 0.1) is 5.92 Å². The van der Waals surface area contributed by atoms with E-state index < -0.39 is 0 Å². The average Bonchev–Trinajstić information content (AvgIpc) is 3.29. The molecule has 0 bridgehead atoms. The second kappa shape index (κ2) is 8.46. The van der Waals surface area contributed by atoms with Crippen LogP contribution in [0.4, 0.5) is 11.4 Å². The fraction of sp³-hybridized carbons (Fsp3) is 0.429. The van der Waals surface area contributed by atoms with E-state index in [-0.39, 0.29) is 23.3 Å². The Labute approximate surface area is 168 Å². The van der Waals surface area contributed by atoms with Gasteiger partial charge in [-0.05, 0) is 31.0 Å². The number of nitrogens with zero attached hydrogens (tertiary/aromatic N) is 3. The summed E-state index contributed by atoms with van der Waals surface area (Å²) in [6, 6.07) is 8.67. The van der Waals surface area contributed by atoms with Crippen molar-refractivity contribution < 1.29 is 9.59 Å². The Morgan fingerprint density at radius 2 is 1.83 bits per heavy atom. The van der Waals surface area contributed by atoms with E-state index in [1.54, 1.807) is 29.3 Å². The number of nitrogens with one attached hydrogen (secondary N) is 2. The minimum absolute atomic E-state index is 0.0483. The topological polar surface area (TPSA) is 98.4 Å². The number of H-pyrrole nitrogens is 1. The quantitative estimate of drug-likeness (QED) is 0.823. The van der Waals surface area contributed by atoms with E-state index >= 15 is 0 Å². The lowest BCUT2D eigenvalue weighted by Crippen LogP contribution is -2.49. The molecule has 1 saturated heterocycles. The van der Waals surface area contributed by atoms with Gasteiger partial charge in [-0.25, -0.2) is 5.10 Å². The number of aromatic nitrogens is 2. The zero-order chi connectivity index (χ0) is 20.2. The van der Waals surface area contributed by atoms with Gasteiger partial charge in [-0.3, -0.25) is 14.4 Å². The summed E-state index contributed by atoms with van der Waals surface area (Å²) >= 11 is 0. The molecule has 29 heavy (non-hydrogen) atoms. The van der Waals surface area contributed by atoms with Crippen LogP contribution in [0.15, 0.2) is 41.3 Å². The Morgan fingerprint density at radius 1 is 1.07 bits per heavy atom. The molecular weight excluding hydrogens is 370 g/mol. The van der Waals surface area contributed by atoms with Gasteiger partial charge in [0.1, 0.15) is 0 Å². The van der Waals surface area contributed by atoms with Crippen LogP contribution in [0.25, 0.3) is 0 Å². The number of amides is 2. The van der Waals surface area contributed by atoms with E-state index in [1.807, 2.05) is 11.0 Å². The molecule has 0 unspecified atom stereocenters. The fourth-order valence-electron chi connectivity index (χ4n) is 4.05. The van der Waals surface area contributed by atoms with Crippen molar-refractivity contribution in [1.29, 1.82) is 0 Å². The molecule has 8 nitrogen and oxygen atoms in total. The predicted octanol–water partition coefficient (Wildman–Crippen LogP) is 1.86. The molecule has 1 aliphatic heterocycles. The van der Waals surface area contributed by atoms with E-state index in [0.717, 1.165) is 31.4 Å². The smallest absolute Gasteiger partial charge is 0.266 e. The molecule has 2 N–H and O–H groups in total. The van der Waals surface area contributed by atoms with Gasteiger partial charge in [0.05, 0.1) is 11.9 Å². The maximum Gasteiger partial charge on any atom is 0.266 e. The van der Waals surface area contributed by atoms with Crippen LogP contribution < -0.4 is 15.8 Å². The Balaban J connectivity index is 1.37. The molecule has 2 fully saturated rings. The molecule has 0 atom stereocenters. The van der Waals surface area contributed by atoms with Gasteiger partial charge in [0.15, 0.2) is 0 Å². The van der Waals surface area contributed by atoms with Gasteiger partial charge in [0.2, 0.25) is 5.91 Å². The third kappa shape index (κ3) is 4.47. The summed E-state index contributed by atoms with van der Waals surface area (Å²) < 4.78 is 0. The summed E-state index contributed by atoms with van der Waals surface area (Å²) in [6.45, 7) is 2.39. The molecule has 1 saturated carbocycles. The lowest BCUT2D eigenvalue weighted by molar-refractivity contribution is -0.119. The molecule has 2 aromatic rings. The second-order valence-electron chi connectivity index (χ2n) is 7.63. The molecule has 4 rings (SSSR count). The van der Waals surface area contributed by atoms with E-state index in [9.17, 15) is 14.4 Å². The van der Waals surface area contributed by atoms with Crippen molar-refractivity contribution in [2.45, 2.75) is 25.7 Å². The van der Waals surface area contributed by atoms with Gasteiger partial charge in [0.25, 0.3) is 11.5 Å². The Kier molecular flexibility index (Phi) is 5.59. The van der Waals surface area contributed by atoms with Gasteiger partial charge >= 0.3 is 0 Å². The summed E-state index contributed by atoms with van der Waals surface area (Å²) in [5, 5.41) is 9.16. The number of benzene rings is 1. The standard InChI is InChI=1S/C21H25N5O3/c27-19-13-18(14-22-24-19)25-8-10-26(11-9-25)21(29)16-6-3-7-17(12-16)23-20(28)15-4-1-2-5-15/h3,6-7,12-15H,1-2,4-5,8-11H2,(H,23,28)(H,24,27). The lowest BCUT2D eigenvalue weighted by atomic mass is 10.1. The van der Waals surface area contributed by atoms with Crippen LogP contribution in [0.1, 0.15) is 36.0 Å². The zero-order valence-electron chi connectivity index (χ0n) is 16.3. The van der Waals surface area contributed by atoms with E-state index in [4.69, 9.17) is 0 Å². The van der Waals surface area contributed by atoms with Crippen molar-refractivity contribution in [2.24, 2.45) is 5.92 Å². The molecule has 8 heteroatoms. The molecule has 2 aliphatic rings. The first-order valence-corrected chi connectivity index (χ1v) is 10.1. The van der Waals surface area contributed by atoms with Crippen molar-refractivity contribution in [1.82, 2.24) is 15.1 Å². The average molecular weight is 395 g/mol. The van der Waals surface area contributed by atoms with Gasteiger partial charge in [-0.1, -0.05) is 18.9 Å². The van der Waals surface area contributed by atoms with Crippen molar-refractivity contribution >= 4 is 23.2 Å². The van der Waals surface area contributed by atoms with E-state index in [0.29, 0.717) is 37.4 Å². The number of rotatable bonds is 4. The number of aromatic amines is 1. The van der Waals surface area contributed by atoms with Gasteiger partial charge < -0.3 is 15.1 Å². The molecule has 2 amide bonds.